The molecule has 1 aromatic heterocycles. The lowest BCUT2D eigenvalue weighted by atomic mass is 10.1. The molecule has 88 valence electrons. The van der Waals surface area contributed by atoms with Crippen molar-refractivity contribution >= 4 is 5.95 Å². The quantitative estimate of drug-likeness (QED) is 0.821. The number of rotatable bonds is 3. The Morgan fingerprint density at radius 2 is 2.25 bits per heavy atom. The van der Waals surface area contributed by atoms with Crippen LogP contribution in [0.5, 0.6) is 5.88 Å². The predicted octanol–water partition coefficient (Wildman–Crippen LogP) is 0.835. The molecule has 2 N–H and O–H groups in total. The van der Waals surface area contributed by atoms with Crippen LogP contribution in [-0.2, 0) is 13.0 Å². The number of ether oxygens (including phenoxy) is 1. The Bertz CT molecular complexity index is 380. The molecule has 0 bridgehead atoms. The van der Waals surface area contributed by atoms with E-state index in [4.69, 9.17) is 10.5 Å². The predicted molar refractivity (Wildman–Crippen MR) is 62.3 cm³/mol. The second kappa shape index (κ2) is 4.65. The molecule has 0 saturated carbocycles. The molecule has 2 rings (SSSR count). The lowest BCUT2D eigenvalue weighted by Gasteiger charge is -2.28. The average molecular weight is 222 g/mol. The normalized spacial score (nSPS) is 15.9. The molecule has 0 atom stereocenters. The van der Waals surface area contributed by atoms with E-state index in [9.17, 15) is 0 Å². The molecular weight excluding hydrogens is 204 g/mol. The fourth-order valence-electron chi connectivity index (χ4n) is 2.14. The molecule has 1 aromatic rings. The van der Waals surface area contributed by atoms with Gasteiger partial charge in [-0.1, -0.05) is 6.92 Å². The van der Waals surface area contributed by atoms with Gasteiger partial charge in [-0.2, -0.15) is 4.98 Å². The van der Waals surface area contributed by atoms with Crippen molar-refractivity contribution in [1.29, 1.82) is 0 Å². The van der Waals surface area contributed by atoms with Crippen molar-refractivity contribution in [3.63, 3.8) is 0 Å². The summed E-state index contributed by atoms with van der Waals surface area (Å²) in [7, 11) is 1.63. The molecule has 16 heavy (non-hydrogen) atoms. The number of hydrogen-bond donors (Lipinski definition) is 1. The minimum absolute atomic E-state index is 0.300. The highest BCUT2D eigenvalue weighted by atomic mass is 16.5. The summed E-state index contributed by atoms with van der Waals surface area (Å²) in [6, 6.07) is 0. The zero-order valence-corrected chi connectivity index (χ0v) is 9.86. The highest BCUT2D eigenvalue weighted by molar-refractivity contribution is 5.37. The van der Waals surface area contributed by atoms with Crippen molar-refractivity contribution in [3.8, 4) is 5.88 Å². The molecule has 0 saturated heterocycles. The van der Waals surface area contributed by atoms with E-state index < -0.39 is 0 Å². The van der Waals surface area contributed by atoms with E-state index in [0.29, 0.717) is 11.8 Å². The summed E-state index contributed by atoms with van der Waals surface area (Å²) in [4.78, 5) is 10.8. The molecule has 0 spiro atoms. The summed E-state index contributed by atoms with van der Waals surface area (Å²) in [5, 5.41) is 0. The number of nitrogens with two attached hydrogens (primary N) is 1. The van der Waals surface area contributed by atoms with Crippen LogP contribution in [0.2, 0.25) is 0 Å². The Morgan fingerprint density at radius 1 is 1.44 bits per heavy atom. The van der Waals surface area contributed by atoms with Crippen molar-refractivity contribution < 1.29 is 4.74 Å². The number of nitrogen functional groups attached to an aromatic ring is 1. The van der Waals surface area contributed by atoms with Gasteiger partial charge in [-0.25, -0.2) is 4.98 Å². The van der Waals surface area contributed by atoms with Crippen molar-refractivity contribution in [1.82, 2.24) is 14.9 Å². The zero-order valence-electron chi connectivity index (χ0n) is 9.86. The first-order chi connectivity index (χ1) is 7.74. The molecule has 0 aliphatic carbocycles. The number of hydrogen-bond acceptors (Lipinski definition) is 5. The van der Waals surface area contributed by atoms with E-state index in [2.05, 4.69) is 21.8 Å². The summed E-state index contributed by atoms with van der Waals surface area (Å²) < 4.78 is 5.24. The first kappa shape index (κ1) is 11.1. The summed E-state index contributed by atoms with van der Waals surface area (Å²) in [5.41, 5.74) is 7.79. The maximum absolute atomic E-state index is 5.66. The van der Waals surface area contributed by atoms with Gasteiger partial charge in [0.15, 0.2) is 0 Å². The second-order valence-corrected chi connectivity index (χ2v) is 4.04. The minimum atomic E-state index is 0.300. The molecular formula is C11H18N4O. The molecule has 5 nitrogen and oxygen atoms in total. The first-order valence-corrected chi connectivity index (χ1v) is 5.66. The Labute approximate surface area is 95.6 Å². The Balaban J connectivity index is 2.27. The molecule has 0 fully saturated rings. The monoisotopic (exact) mass is 222 g/mol. The van der Waals surface area contributed by atoms with E-state index >= 15 is 0 Å². The van der Waals surface area contributed by atoms with Crippen LogP contribution in [0, 0.1) is 0 Å². The van der Waals surface area contributed by atoms with Crippen molar-refractivity contribution in [2.45, 2.75) is 26.3 Å². The highest BCUT2D eigenvalue weighted by Gasteiger charge is 2.21. The van der Waals surface area contributed by atoms with Gasteiger partial charge in [-0.15, -0.1) is 0 Å². The van der Waals surface area contributed by atoms with Gasteiger partial charge in [0.05, 0.1) is 12.8 Å². The molecule has 0 amide bonds. The molecule has 1 aliphatic rings. The van der Waals surface area contributed by atoms with Gasteiger partial charge in [-0.3, -0.25) is 4.90 Å². The Kier molecular flexibility index (Phi) is 3.24. The SMILES string of the molecule is CCCN1CCc2c(nc(N)nc2OC)C1. The molecule has 0 aromatic carbocycles. The molecule has 0 radical (unpaired) electrons. The largest absolute Gasteiger partial charge is 0.481 e. The van der Waals surface area contributed by atoms with Crippen LogP contribution < -0.4 is 10.5 Å². The average Bonchev–Trinajstić information content (AvgIpc) is 2.27. The lowest BCUT2D eigenvalue weighted by Crippen LogP contribution is -2.32. The third-order valence-corrected chi connectivity index (χ3v) is 2.86. The molecule has 5 heteroatoms. The van der Waals surface area contributed by atoms with Crippen LogP contribution in [0.3, 0.4) is 0 Å². The minimum Gasteiger partial charge on any atom is -0.481 e. The van der Waals surface area contributed by atoms with Gasteiger partial charge in [0.2, 0.25) is 11.8 Å². The standard InChI is InChI=1S/C11H18N4O/c1-3-5-15-6-4-8-9(7-15)13-11(12)14-10(8)16-2/h3-7H2,1-2H3,(H2,12,13,14). The number of fused-ring (bicyclic) bond motifs is 1. The van der Waals surface area contributed by atoms with E-state index in [1.807, 2.05) is 0 Å². The van der Waals surface area contributed by atoms with Gasteiger partial charge in [0.1, 0.15) is 0 Å². The van der Waals surface area contributed by atoms with Gasteiger partial charge >= 0.3 is 0 Å². The zero-order chi connectivity index (χ0) is 11.5. The maximum atomic E-state index is 5.66. The Morgan fingerprint density at radius 3 is 2.94 bits per heavy atom. The maximum Gasteiger partial charge on any atom is 0.223 e. The van der Waals surface area contributed by atoms with Crippen LogP contribution in [-0.4, -0.2) is 35.1 Å². The van der Waals surface area contributed by atoms with E-state index in [-0.39, 0.29) is 0 Å². The Hall–Kier alpha value is -1.36. The lowest BCUT2D eigenvalue weighted by molar-refractivity contribution is 0.246. The topological polar surface area (TPSA) is 64.3 Å². The summed E-state index contributed by atoms with van der Waals surface area (Å²) >= 11 is 0. The number of nitrogens with zero attached hydrogens (tertiary/aromatic N) is 3. The third kappa shape index (κ3) is 2.09. The van der Waals surface area contributed by atoms with Gasteiger partial charge in [0, 0.05) is 18.7 Å². The number of aromatic nitrogens is 2. The van der Waals surface area contributed by atoms with Gasteiger partial charge in [-0.05, 0) is 19.4 Å². The fourth-order valence-corrected chi connectivity index (χ4v) is 2.14. The molecule has 0 unspecified atom stereocenters. The van der Waals surface area contributed by atoms with Crippen LogP contribution in [0.15, 0.2) is 0 Å². The van der Waals surface area contributed by atoms with Crippen molar-refractivity contribution in [3.05, 3.63) is 11.3 Å². The van der Waals surface area contributed by atoms with Crippen molar-refractivity contribution in [2.24, 2.45) is 0 Å². The second-order valence-electron chi connectivity index (χ2n) is 4.04. The molecule has 1 aliphatic heterocycles. The third-order valence-electron chi connectivity index (χ3n) is 2.86. The van der Waals surface area contributed by atoms with Crippen LogP contribution in [0.4, 0.5) is 5.95 Å². The van der Waals surface area contributed by atoms with Crippen LogP contribution >= 0.6 is 0 Å². The smallest absolute Gasteiger partial charge is 0.223 e. The molecule has 2 heterocycles. The number of anilines is 1. The highest BCUT2D eigenvalue weighted by Crippen LogP contribution is 2.25. The van der Waals surface area contributed by atoms with Gasteiger partial charge in [0.25, 0.3) is 0 Å². The van der Waals surface area contributed by atoms with Crippen molar-refractivity contribution in [2.75, 3.05) is 25.9 Å². The van der Waals surface area contributed by atoms with E-state index in [1.165, 1.54) is 0 Å². The van der Waals surface area contributed by atoms with E-state index in [0.717, 1.165) is 43.7 Å². The summed E-state index contributed by atoms with van der Waals surface area (Å²) in [5.74, 6) is 0.938. The van der Waals surface area contributed by atoms with Crippen LogP contribution in [0.25, 0.3) is 0 Å². The van der Waals surface area contributed by atoms with E-state index in [1.54, 1.807) is 7.11 Å². The van der Waals surface area contributed by atoms with Crippen LogP contribution in [0.1, 0.15) is 24.6 Å². The fraction of sp³-hybridized carbons (Fsp3) is 0.636. The first-order valence-electron chi connectivity index (χ1n) is 5.66. The number of methoxy groups -OCH3 is 1. The van der Waals surface area contributed by atoms with Gasteiger partial charge < -0.3 is 10.5 Å². The summed E-state index contributed by atoms with van der Waals surface area (Å²) in [6.45, 7) is 5.19. The summed E-state index contributed by atoms with van der Waals surface area (Å²) in [6.07, 6.45) is 2.10.